The van der Waals surface area contributed by atoms with Crippen molar-refractivity contribution in [3.8, 4) is 0 Å². The van der Waals surface area contributed by atoms with Gasteiger partial charge in [0.2, 0.25) is 0 Å². The van der Waals surface area contributed by atoms with E-state index < -0.39 is 0 Å². The second-order valence-electron chi connectivity index (χ2n) is 4.54. The lowest BCUT2D eigenvalue weighted by Gasteiger charge is -2.26. The predicted octanol–water partition coefficient (Wildman–Crippen LogP) is 3.97. The lowest BCUT2D eigenvalue weighted by atomic mass is 9.78. The number of rotatable bonds is 3. The zero-order valence-corrected chi connectivity index (χ0v) is 10.7. The van der Waals surface area contributed by atoms with Gasteiger partial charge in [-0.2, -0.15) is 0 Å². The van der Waals surface area contributed by atoms with E-state index in [2.05, 4.69) is 35.8 Å². The van der Waals surface area contributed by atoms with E-state index in [0.29, 0.717) is 0 Å². The van der Waals surface area contributed by atoms with Crippen molar-refractivity contribution < 1.29 is 0 Å². The number of hydrogen-bond acceptors (Lipinski definition) is 2. The first-order valence-electron chi connectivity index (χ1n) is 5.52. The molecular formula is C14H15ClN2. The van der Waals surface area contributed by atoms with Crippen LogP contribution in [-0.4, -0.2) is 4.98 Å². The van der Waals surface area contributed by atoms with Crippen LogP contribution in [0.3, 0.4) is 0 Å². The molecule has 0 atom stereocenters. The molecule has 0 saturated carbocycles. The molecule has 2 rings (SSSR count). The van der Waals surface area contributed by atoms with E-state index in [9.17, 15) is 0 Å². The molecule has 1 aromatic heterocycles. The maximum absolute atomic E-state index is 5.63. The Morgan fingerprint density at radius 2 is 1.76 bits per heavy atom. The van der Waals surface area contributed by atoms with Gasteiger partial charge in [-0.1, -0.05) is 26.0 Å². The van der Waals surface area contributed by atoms with Crippen molar-refractivity contribution in [3.63, 3.8) is 0 Å². The van der Waals surface area contributed by atoms with Gasteiger partial charge in [-0.3, -0.25) is 9.82 Å². The summed E-state index contributed by atoms with van der Waals surface area (Å²) < 4.78 is 0. The molecule has 0 unspecified atom stereocenters. The Bertz CT molecular complexity index is 495. The largest absolute Gasteiger partial charge is 0.299 e. The van der Waals surface area contributed by atoms with Crippen LogP contribution >= 0.6 is 11.8 Å². The molecule has 0 radical (unpaired) electrons. The van der Waals surface area contributed by atoms with Gasteiger partial charge in [0.15, 0.2) is 0 Å². The molecule has 1 heterocycles. The monoisotopic (exact) mass is 246 g/mol. The third-order valence-electron chi connectivity index (χ3n) is 3.10. The molecule has 0 aliphatic carbocycles. The normalized spacial score (nSPS) is 11.2. The standard InChI is InChI=1S/C14H15ClN2/c1-14(2,11-6-8-16-9-7-11)12-4-3-5-13(10-12)17-15/h3-10,17H,1-2H3. The van der Waals surface area contributed by atoms with E-state index in [-0.39, 0.29) is 5.41 Å². The molecule has 17 heavy (non-hydrogen) atoms. The molecule has 0 aliphatic heterocycles. The average molecular weight is 247 g/mol. The summed E-state index contributed by atoms with van der Waals surface area (Å²) in [5.41, 5.74) is 3.30. The molecule has 0 bridgehead atoms. The Kier molecular flexibility index (Phi) is 3.34. The Balaban J connectivity index is 2.44. The van der Waals surface area contributed by atoms with Gasteiger partial charge in [-0.25, -0.2) is 0 Å². The fraction of sp³-hybridized carbons (Fsp3) is 0.214. The number of halogens is 1. The number of nitrogens with zero attached hydrogens (tertiary/aromatic N) is 1. The number of anilines is 1. The van der Waals surface area contributed by atoms with Gasteiger partial charge in [-0.05, 0) is 35.4 Å². The quantitative estimate of drug-likeness (QED) is 0.829. The number of aromatic nitrogens is 1. The summed E-state index contributed by atoms with van der Waals surface area (Å²) in [5.74, 6) is 0. The summed E-state index contributed by atoms with van der Waals surface area (Å²) in [6.45, 7) is 4.38. The maximum Gasteiger partial charge on any atom is 0.0494 e. The number of benzene rings is 1. The Morgan fingerprint density at radius 3 is 2.41 bits per heavy atom. The van der Waals surface area contributed by atoms with Gasteiger partial charge in [0.1, 0.15) is 0 Å². The van der Waals surface area contributed by atoms with Crippen molar-refractivity contribution in [2.24, 2.45) is 0 Å². The summed E-state index contributed by atoms with van der Waals surface area (Å²) in [5, 5.41) is 0. The third kappa shape index (κ3) is 2.42. The van der Waals surface area contributed by atoms with Gasteiger partial charge in [0, 0.05) is 35.3 Å². The highest BCUT2D eigenvalue weighted by atomic mass is 35.5. The van der Waals surface area contributed by atoms with Gasteiger partial charge >= 0.3 is 0 Å². The summed E-state index contributed by atoms with van der Waals surface area (Å²) in [4.78, 5) is 6.70. The molecule has 2 aromatic rings. The molecule has 0 aliphatic rings. The fourth-order valence-corrected chi connectivity index (χ4v) is 2.02. The molecule has 2 nitrogen and oxygen atoms in total. The lowest BCUT2D eigenvalue weighted by molar-refractivity contribution is 0.640. The van der Waals surface area contributed by atoms with Gasteiger partial charge in [-0.15, -0.1) is 0 Å². The average Bonchev–Trinajstić information content (AvgIpc) is 2.40. The smallest absolute Gasteiger partial charge is 0.0494 e. The first kappa shape index (κ1) is 11.9. The highest BCUT2D eigenvalue weighted by Gasteiger charge is 2.22. The van der Waals surface area contributed by atoms with Gasteiger partial charge in [0.25, 0.3) is 0 Å². The van der Waals surface area contributed by atoms with Crippen LogP contribution in [0, 0.1) is 0 Å². The molecule has 0 amide bonds. The number of hydrogen-bond donors (Lipinski definition) is 1. The second-order valence-corrected chi connectivity index (χ2v) is 4.73. The first-order chi connectivity index (χ1) is 8.14. The minimum atomic E-state index is -0.0628. The number of nitrogens with one attached hydrogen (secondary N) is 1. The minimum absolute atomic E-state index is 0.0628. The Hall–Kier alpha value is -1.54. The van der Waals surface area contributed by atoms with E-state index in [1.54, 1.807) is 0 Å². The van der Waals surface area contributed by atoms with Gasteiger partial charge < -0.3 is 0 Å². The topological polar surface area (TPSA) is 24.9 Å². The molecule has 0 spiro atoms. The van der Waals surface area contributed by atoms with Crippen LogP contribution in [0.25, 0.3) is 0 Å². The molecule has 1 aromatic carbocycles. The van der Waals surface area contributed by atoms with Crippen molar-refractivity contribution in [2.45, 2.75) is 19.3 Å². The van der Waals surface area contributed by atoms with Crippen LogP contribution < -0.4 is 4.84 Å². The fourth-order valence-electron chi connectivity index (χ4n) is 1.90. The lowest BCUT2D eigenvalue weighted by Crippen LogP contribution is -2.18. The van der Waals surface area contributed by atoms with Crippen LogP contribution in [0.15, 0.2) is 48.8 Å². The van der Waals surface area contributed by atoms with Crippen LogP contribution in [0.1, 0.15) is 25.0 Å². The molecule has 88 valence electrons. The highest BCUT2D eigenvalue weighted by molar-refractivity contribution is 6.23. The van der Waals surface area contributed by atoms with Crippen molar-refractivity contribution in [1.82, 2.24) is 4.98 Å². The van der Waals surface area contributed by atoms with Crippen molar-refractivity contribution >= 4 is 17.5 Å². The second kappa shape index (κ2) is 4.76. The van der Waals surface area contributed by atoms with Crippen molar-refractivity contribution in [3.05, 3.63) is 59.9 Å². The van der Waals surface area contributed by atoms with E-state index in [4.69, 9.17) is 11.8 Å². The predicted molar refractivity (Wildman–Crippen MR) is 72.3 cm³/mol. The number of pyridine rings is 1. The van der Waals surface area contributed by atoms with Crippen LogP contribution in [-0.2, 0) is 5.41 Å². The van der Waals surface area contributed by atoms with Gasteiger partial charge in [0.05, 0.1) is 0 Å². The van der Waals surface area contributed by atoms with Crippen LogP contribution in [0.5, 0.6) is 0 Å². The van der Waals surface area contributed by atoms with Crippen LogP contribution in [0.4, 0.5) is 5.69 Å². The minimum Gasteiger partial charge on any atom is -0.299 e. The van der Waals surface area contributed by atoms with E-state index in [1.807, 2.05) is 36.7 Å². The van der Waals surface area contributed by atoms with Crippen molar-refractivity contribution in [1.29, 1.82) is 0 Å². The zero-order chi connectivity index (χ0) is 12.3. The molecule has 0 saturated heterocycles. The highest BCUT2D eigenvalue weighted by Crippen LogP contribution is 2.32. The van der Waals surface area contributed by atoms with E-state index >= 15 is 0 Å². The van der Waals surface area contributed by atoms with Crippen molar-refractivity contribution in [2.75, 3.05) is 4.84 Å². The maximum atomic E-state index is 5.63. The molecular weight excluding hydrogens is 232 g/mol. The van der Waals surface area contributed by atoms with E-state index in [0.717, 1.165) is 5.69 Å². The molecule has 1 N–H and O–H groups in total. The molecule has 0 fully saturated rings. The first-order valence-corrected chi connectivity index (χ1v) is 5.90. The summed E-state index contributed by atoms with van der Waals surface area (Å²) in [6, 6.07) is 12.2. The zero-order valence-electron chi connectivity index (χ0n) is 9.94. The Morgan fingerprint density at radius 1 is 1.06 bits per heavy atom. The summed E-state index contributed by atoms with van der Waals surface area (Å²) in [6.07, 6.45) is 3.64. The summed E-state index contributed by atoms with van der Waals surface area (Å²) in [7, 11) is 0. The van der Waals surface area contributed by atoms with E-state index in [1.165, 1.54) is 11.1 Å². The molecule has 3 heteroatoms. The summed E-state index contributed by atoms with van der Waals surface area (Å²) >= 11 is 5.63. The Labute approximate surface area is 107 Å². The van der Waals surface area contributed by atoms with Crippen LogP contribution in [0.2, 0.25) is 0 Å². The third-order valence-corrected chi connectivity index (χ3v) is 3.31. The SMILES string of the molecule is CC(C)(c1ccncc1)c1cccc(NCl)c1.